The monoisotopic (exact) mass is 338 g/mol. The van der Waals surface area contributed by atoms with Gasteiger partial charge in [0.1, 0.15) is 12.9 Å². The summed E-state index contributed by atoms with van der Waals surface area (Å²) in [6.07, 6.45) is 1.51. The second kappa shape index (κ2) is 6.48. The summed E-state index contributed by atoms with van der Waals surface area (Å²) in [5.74, 6) is 0.00590. The van der Waals surface area contributed by atoms with E-state index in [2.05, 4.69) is 20.6 Å². The first-order valence-electron chi connectivity index (χ1n) is 8.06. The zero-order valence-electron chi connectivity index (χ0n) is 13.8. The average Bonchev–Trinajstić information content (AvgIpc) is 3.12. The molecule has 3 aromatic rings. The number of nitrogens with zero attached hydrogens (tertiary/aromatic N) is 5. The minimum absolute atomic E-state index is 0.00590. The number of benzene rings is 1. The van der Waals surface area contributed by atoms with E-state index in [0.717, 1.165) is 16.9 Å². The molecule has 0 saturated carbocycles. The molecule has 1 amide bonds. The van der Waals surface area contributed by atoms with Crippen LogP contribution in [0.5, 0.6) is 0 Å². The normalized spacial score (nSPS) is 17.9. The van der Waals surface area contributed by atoms with Crippen LogP contribution in [0.3, 0.4) is 0 Å². The standard InChI is InChI=1S/C17H18N6O2/c1-22-9-13(25-10-16(22)24)8-18-15-7-14(12-5-3-2-4-6-12)21-23-11-19-20-17(15)23/h2-7,11,13,18H,8-10H2,1H3. The third-order valence-electron chi connectivity index (χ3n) is 4.20. The number of rotatable bonds is 4. The quantitative estimate of drug-likeness (QED) is 0.766. The van der Waals surface area contributed by atoms with Crippen molar-refractivity contribution in [3.05, 3.63) is 42.7 Å². The highest BCUT2D eigenvalue weighted by Gasteiger charge is 2.23. The molecule has 0 spiro atoms. The first-order valence-corrected chi connectivity index (χ1v) is 8.06. The predicted octanol–water partition coefficient (Wildman–Crippen LogP) is 1.06. The average molecular weight is 338 g/mol. The van der Waals surface area contributed by atoms with Gasteiger partial charge in [-0.3, -0.25) is 4.79 Å². The van der Waals surface area contributed by atoms with Gasteiger partial charge >= 0.3 is 0 Å². The molecule has 25 heavy (non-hydrogen) atoms. The van der Waals surface area contributed by atoms with Crippen molar-refractivity contribution < 1.29 is 9.53 Å². The van der Waals surface area contributed by atoms with Gasteiger partial charge in [-0.15, -0.1) is 10.2 Å². The summed E-state index contributed by atoms with van der Waals surface area (Å²) in [5.41, 5.74) is 3.32. The Morgan fingerprint density at radius 2 is 2.16 bits per heavy atom. The Hall–Kier alpha value is -3.00. The lowest BCUT2D eigenvalue weighted by Crippen LogP contribution is -2.46. The molecule has 1 aromatic carbocycles. The Kier molecular flexibility index (Phi) is 4.02. The van der Waals surface area contributed by atoms with Crippen LogP contribution in [0.25, 0.3) is 16.9 Å². The zero-order chi connectivity index (χ0) is 17.2. The summed E-state index contributed by atoms with van der Waals surface area (Å²) in [4.78, 5) is 13.2. The molecule has 0 bridgehead atoms. The van der Waals surface area contributed by atoms with Gasteiger partial charge in [-0.2, -0.15) is 9.61 Å². The Bertz CT molecular complexity index is 895. The molecular weight excluding hydrogens is 320 g/mol. The van der Waals surface area contributed by atoms with Crippen molar-refractivity contribution in [2.45, 2.75) is 6.10 Å². The van der Waals surface area contributed by atoms with Crippen molar-refractivity contribution >= 4 is 17.2 Å². The molecule has 1 aliphatic heterocycles. The molecule has 4 rings (SSSR count). The fraction of sp³-hybridized carbons (Fsp3) is 0.294. The van der Waals surface area contributed by atoms with Crippen molar-refractivity contribution in [2.24, 2.45) is 0 Å². The maximum absolute atomic E-state index is 11.5. The number of carbonyl (C=O) groups is 1. The highest BCUT2D eigenvalue weighted by Crippen LogP contribution is 2.23. The number of aromatic nitrogens is 4. The molecule has 1 aliphatic rings. The van der Waals surface area contributed by atoms with Crippen LogP contribution in [0, 0.1) is 0 Å². The van der Waals surface area contributed by atoms with Crippen molar-refractivity contribution in [1.29, 1.82) is 0 Å². The molecule has 8 heteroatoms. The van der Waals surface area contributed by atoms with Crippen molar-refractivity contribution in [1.82, 2.24) is 24.7 Å². The number of carbonyl (C=O) groups excluding carboxylic acids is 1. The fourth-order valence-corrected chi connectivity index (χ4v) is 2.81. The summed E-state index contributed by atoms with van der Waals surface area (Å²) in [5, 5.41) is 16.0. The fourth-order valence-electron chi connectivity index (χ4n) is 2.81. The second-order valence-electron chi connectivity index (χ2n) is 6.00. The zero-order valence-corrected chi connectivity index (χ0v) is 13.8. The van der Waals surface area contributed by atoms with Gasteiger partial charge in [-0.1, -0.05) is 30.3 Å². The van der Waals surface area contributed by atoms with Gasteiger partial charge in [0.2, 0.25) is 11.6 Å². The summed E-state index contributed by atoms with van der Waals surface area (Å²) in [6, 6.07) is 11.9. The Morgan fingerprint density at radius 3 is 2.96 bits per heavy atom. The number of hydrogen-bond acceptors (Lipinski definition) is 6. The first kappa shape index (κ1) is 15.5. The molecule has 1 fully saturated rings. The van der Waals surface area contributed by atoms with Gasteiger partial charge in [0, 0.05) is 25.7 Å². The van der Waals surface area contributed by atoms with Crippen LogP contribution in [-0.2, 0) is 9.53 Å². The van der Waals surface area contributed by atoms with Gasteiger partial charge in [0.05, 0.1) is 17.5 Å². The second-order valence-corrected chi connectivity index (χ2v) is 6.00. The van der Waals surface area contributed by atoms with Crippen molar-refractivity contribution in [3.63, 3.8) is 0 Å². The number of anilines is 1. The van der Waals surface area contributed by atoms with Gasteiger partial charge in [0.25, 0.3) is 0 Å². The van der Waals surface area contributed by atoms with Crippen LogP contribution in [0.1, 0.15) is 0 Å². The molecule has 1 saturated heterocycles. The van der Waals surface area contributed by atoms with E-state index in [1.54, 1.807) is 22.8 Å². The summed E-state index contributed by atoms with van der Waals surface area (Å²) >= 11 is 0. The Labute approximate surface area is 144 Å². The highest BCUT2D eigenvalue weighted by atomic mass is 16.5. The maximum Gasteiger partial charge on any atom is 0.248 e. The van der Waals surface area contributed by atoms with E-state index in [4.69, 9.17) is 4.74 Å². The van der Waals surface area contributed by atoms with Crippen LogP contribution in [0.15, 0.2) is 42.7 Å². The molecular formula is C17H18N6O2. The van der Waals surface area contributed by atoms with E-state index in [1.807, 2.05) is 36.4 Å². The number of amides is 1. The Balaban J connectivity index is 1.58. The smallest absolute Gasteiger partial charge is 0.248 e. The van der Waals surface area contributed by atoms with Gasteiger partial charge in [0.15, 0.2) is 0 Å². The molecule has 1 N–H and O–H groups in total. The van der Waals surface area contributed by atoms with Gasteiger partial charge < -0.3 is 15.0 Å². The molecule has 128 valence electrons. The summed E-state index contributed by atoms with van der Waals surface area (Å²) in [6.45, 7) is 1.25. The lowest BCUT2D eigenvalue weighted by molar-refractivity contribution is -0.145. The van der Waals surface area contributed by atoms with E-state index in [0.29, 0.717) is 18.7 Å². The number of hydrogen-bond donors (Lipinski definition) is 1. The molecule has 0 aliphatic carbocycles. The van der Waals surface area contributed by atoms with Crippen LogP contribution < -0.4 is 5.32 Å². The lowest BCUT2D eigenvalue weighted by Gasteiger charge is -2.30. The van der Waals surface area contributed by atoms with E-state index in [1.165, 1.54) is 0 Å². The Morgan fingerprint density at radius 1 is 1.32 bits per heavy atom. The molecule has 1 unspecified atom stereocenters. The topological polar surface area (TPSA) is 84.7 Å². The van der Waals surface area contributed by atoms with Crippen molar-refractivity contribution in [2.75, 3.05) is 32.1 Å². The third kappa shape index (κ3) is 3.16. The van der Waals surface area contributed by atoms with Crippen LogP contribution in [0.4, 0.5) is 5.69 Å². The number of fused-ring (bicyclic) bond motifs is 1. The molecule has 0 radical (unpaired) electrons. The van der Waals surface area contributed by atoms with Crippen LogP contribution >= 0.6 is 0 Å². The number of likely N-dealkylation sites (N-methyl/N-ethyl adjacent to an activating group) is 1. The van der Waals surface area contributed by atoms with E-state index < -0.39 is 0 Å². The van der Waals surface area contributed by atoms with Gasteiger partial charge in [-0.25, -0.2) is 0 Å². The summed E-state index contributed by atoms with van der Waals surface area (Å²) in [7, 11) is 1.79. The lowest BCUT2D eigenvalue weighted by atomic mass is 10.1. The SMILES string of the molecule is CN1CC(CNc2cc(-c3ccccc3)nn3cnnc23)OCC1=O. The van der Waals surface area contributed by atoms with E-state index in [-0.39, 0.29) is 18.6 Å². The minimum atomic E-state index is -0.0704. The number of morpholine rings is 1. The first-order chi connectivity index (χ1) is 12.2. The molecule has 8 nitrogen and oxygen atoms in total. The summed E-state index contributed by atoms with van der Waals surface area (Å²) < 4.78 is 7.23. The van der Waals surface area contributed by atoms with E-state index >= 15 is 0 Å². The molecule has 3 heterocycles. The largest absolute Gasteiger partial charge is 0.379 e. The third-order valence-corrected chi connectivity index (χ3v) is 4.20. The number of ether oxygens (including phenoxy) is 1. The maximum atomic E-state index is 11.5. The molecule has 2 aromatic heterocycles. The van der Waals surface area contributed by atoms with Gasteiger partial charge in [-0.05, 0) is 6.07 Å². The molecule has 1 atom stereocenters. The van der Waals surface area contributed by atoms with Crippen molar-refractivity contribution in [3.8, 4) is 11.3 Å². The highest BCUT2D eigenvalue weighted by molar-refractivity contribution is 5.78. The minimum Gasteiger partial charge on any atom is -0.379 e. The predicted molar refractivity (Wildman–Crippen MR) is 92.1 cm³/mol. The van der Waals surface area contributed by atoms with Crippen LogP contribution in [0.2, 0.25) is 0 Å². The van der Waals surface area contributed by atoms with E-state index in [9.17, 15) is 4.79 Å². The van der Waals surface area contributed by atoms with Crippen LogP contribution in [-0.4, -0.2) is 63.5 Å². The number of nitrogens with one attached hydrogen (secondary N) is 1.